The van der Waals surface area contributed by atoms with Crippen molar-refractivity contribution in [3.63, 3.8) is 0 Å². The monoisotopic (exact) mass is 421 g/mol. The Hall–Kier alpha value is -2.59. The van der Waals surface area contributed by atoms with Crippen LogP contribution in [0.4, 0.5) is 5.69 Å². The maximum atomic E-state index is 10.6. The number of hydrogen-bond donors (Lipinski definition) is 3. The zero-order valence-corrected chi connectivity index (χ0v) is 19.2. The molecule has 3 rings (SSSR count). The number of phenols is 2. The van der Waals surface area contributed by atoms with Crippen LogP contribution in [0.1, 0.15) is 62.8 Å². The zero-order valence-electron chi connectivity index (χ0n) is 18.3. The minimum absolute atomic E-state index is 0.0269. The number of allylic oxidation sites excluding steroid dienone is 3. The summed E-state index contributed by atoms with van der Waals surface area (Å²) in [7, 11) is 0. The molecule has 1 aliphatic rings. The lowest BCUT2D eigenvalue weighted by molar-refractivity contribution is 0.445. The number of fused-ring (bicyclic) bond motifs is 1. The first-order valence-corrected chi connectivity index (χ1v) is 10.9. The molecule has 0 amide bonds. The fourth-order valence-corrected chi connectivity index (χ4v) is 4.40. The van der Waals surface area contributed by atoms with Crippen molar-refractivity contribution in [1.29, 1.82) is 0 Å². The first-order valence-electron chi connectivity index (χ1n) is 10.5. The van der Waals surface area contributed by atoms with Gasteiger partial charge in [-0.25, -0.2) is 0 Å². The maximum absolute atomic E-state index is 10.6. The van der Waals surface area contributed by atoms with Crippen LogP contribution in [-0.2, 0) is 12.8 Å². The molecule has 1 aliphatic carbocycles. The lowest BCUT2D eigenvalue weighted by Gasteiger charge is -2.29. The number of rotatable bonds is 5. The Labute approximate surface area is 185 Å². The van der Waals surface area contributed by atoms with Crippen molar-refractivity contribution in [2.24, 2.45) is 0 Å². The van der Waals surface area contributed by atoms with Gasteiger partial charge >= 0.3 is 0 Å². The Morgan fingerprint density at radius 1 is 1.13 bits per heavy atom. The lowest BCUT2D eigenvalue weighted by Crippen LogP contribution is -2.18. The predicted molar refractivity (Wildman–Crippen MR) is 131 cm³/mol. The van der Waals surface area contributed by atoms with Crippen molar-refractivity contribution >= 4 is 29.6 Å². The number of anilines is 1. The summed E-state index contributed by atoms with van der Waals surface area (Å²) in [5.41, 5.74) is 8.52. The van der Waals surface area contributed by atoms with Crippen LogP contribution in [0.3, 0.4) is 0 Å². The molecule has 30 heavy (non-hydrogen) atoms. The highest BCUT2D eigenvalue weighted by Gasteiger charge is 2.21. The molecule has 0 saturated heterocycles. The average molecular weight is 422 g/mol. The average Bonchev–Trinajstić information content (AvgIpc) is 2.85. The summed E-state index contributed by atoms with van der Waals surface area (Å²) < 4.78 is 0. The van der Waals surface area contributed by atoms with Gasteiger partial charge in [0.15, 0.2) is 0 Å². The van der Waals surface area contributed by atoms with E-state index in [1.165, 1.54) is 34.8 Å². The predicted octanol–water partition coefficient (Wildman–Crippen LogP) is 7.06. The van der Waals surface area contributed by atoms with Crippen LogP contribution in [-0.4, -0.2) is 10.2 Å². The van der Waals surface area contributed by atoms with Crippen molar-refractivity contribution in [1.82, 2.24) is 0 Å². The van der Waals surface area contributed by atoms with Gasteiger partial charge in [0.2, 0.25) is 0 Å². The molecule has 4 heteroatoms. The zero-order chi connectivity index (χ0) is 22.0. The highest BCUT2D eigenvalue weighted by Crippen LogP contribution is 2.40. The van der Waals surface area contributed by atoms with Gasteiger partial charge < -0.3 is 15.1 Å². The van der Waals surface area contributed by atoms with Crippen molar-refractivity contribution in [2.75, 3.05) is 4.90 Å². The molecular weight excluding hydrogens is 390 g/mol. The molecule has 0 unspecified atom stereocenters. The first-order chi connectivity index (χ1) is 14.3. The van der Waals surface area contributed by atoms with Gasteiger partial charge in [0.1, 0.15) is 11.5 Å². The van der Waals surface area contributed by atoms with E-state index in [-0.39, 0.29) is 11.5 Å². The van der Waals surface area contributed by atoms with E-state index in [1.807, 2.05) is 30.9 Å². The highest BCUT2D eigenvalue weighted by atomic mass is 32.1. The molecule has 0 saturated carbocycles. The van der Waals surface area contributed by atoms with E-state index < -0.39 is 0 Å². The molecule has 2 aromatic carbocycles. The fourth-order valence-electron chi connectivity index (χ4n) is 4.17. The highest BCUT2D eigenvalue weighted by molar-refractivity contribution is 7.84. The summed E-state index contributed by atoms with van der Waals surface area (Å²) >= 11 is 4.59. The minimum Gasteiger partial charge on any atom is -0.508 e. The summed E-state index contributed by atoms with van der Waals surface area (Å²) in [5, 5.41) is 21.3. The van der Waals surface area contributed by atoms with Crippen LogP contribution in [0.25, 0.3) is 11.3 Å². The molecule has 0 radical (unpaired) electrons. The molecule has 0 spiro atoms. The molecule has 158 valence electrons. The molecule has 0 fully saturated rings. The molecule has 0 bridgehead atoms. The summed E-state index contributed by atoms with van der Waals surface area (Å²) in [5.74, 6) is 0.130. The van der Waals surface area contributed by atoms with Crippen LogP contribution in [0.5, 0.6) is 11.5 Å². The second-order valence-electron chi connectivity index (χ2n) is 7.88. The van der Waals surface area contributed by atoms with Gasteiger partial charge in [-0.2, -0.15) is 0 Å². The first kappa shape index (κ1) is 22.1. The Kier molecular flexibility index (Phi) is 6.67. The normalized spacial score (nSPS) is 14.4. The standard InChI is InChI=1S/C26H31NO2S/c1-6-19-13-23(26(29)15-25(19)28)24(7-2)27(18(5)30)21-12-11-20-10-8-9-16(3)17(4)22(20)14-21/h7,11-15,28-30H,5-6,8-10H2,1-4H3/b24-7-. The Morgan fingerprint density at radius 2 is 1.87 bits per heavy atom. The number of aryl methyl sites for hydroxylation is 2. The molecule has 3 nitrogen and oxygen atoms in total. The third kappa shape index (κ3) is 4.15. The quantitative estimate of drug-likeness (QED) is 0.453. The van der Waals surface area contributed by atoms with Gasteiger partial charge in [0.05, 0.1) is 10.7 Å². The summed E-state index contributed by atoms with van der Waals surface area (Å²) in [6.07, 6.45) is 5.97. The third-order valence-electron chi connectivity index (χ3n) is 6.02. The number of aromatic hydroxyl groups is 2. The van der Waals surface area contributed by atoms with Crippen molar-refractivity contribution in [2.45, 2.75) is 53.4 Å². The van der Waals surface area contributed by atoms with Gasteiger partial charge in [-0.05, 0) is 86.9 Å². The van der Waals surface area contributed by atoms with Crippen molar-refractivity contribution in [3.05, 3.63) is 75.8 Å². The van der Waals surface area contributed by atoms with E-state index in [4.69, 9.17) is 0 Å². The van der Waals surface area contributed by atoms with Crippen LogP contribution in [0, 0.1) is 0 Å². The van der Waals surface area contributed by atoms with Crippen molar-refractivity contribution in [3.8, 4) is 11.5 Å². The van der Waals surface area contributed by atoms with Gasteiger partial charge in [-0.3, -0.25) is 0 Å². The lowest BCUT2D eigenvalue weighted by atomic mass is 9.97. The van der Waals surface area contributed by atoms with E-state index in [0.717, 1.165) is 29.8 Å². The van der Waals surface area contributed by atoms with Crippen LogP contribution in [0.15, 0.2) is 53.6 Å². The van der Waals surface area contributed by atoms with E-state index in [9.17, 15) is 10.2 Å². The van der Waals surface area contributed by atoms with Crippen LogP contribution < -0.4 is 4.90 Å². The number of thiol groups is 1. The maximum Gasteiger partial charge on any atom is 0.128 e. The third-order valence-corrected chi connectivity index (χ3v) is 6.22. The molecule has 0 heterocycles. The van der Waals surface area contributed by atoms with Gasteiger partial charge in [0, 0.05) is 17.3 Å². The Morgan fingerprint density at radius 3 is 2.50 bits per heavy atom. The second-order valence-corrected chi connectivity index (χ2v) is 8.39. The van der Waals surface area contributed by atoms with Crippen LogP contribution in [0.2, 0.25) is 0 Å². The minimum atomic E-state index is 0.0269. The Bertz CT molecular complexity index is 1050. The molecular formula is C26H31NO2S. The molecule has 0 aliphatic heterocycles. The summed E-state index contributed by atoms with van der Waals surface area (Å²) in [6, 6.07) is 9.73. The topological polar surface area (TPSA) is 43.7 Å². The van der Waals surface area contributed by atoms with E-state index in [2.05, 4.69) is 51.3 Å². The molecule has 0 aromatic heterocycles. The summed E-state index contributed by atoms with van der Waals surface area (Å²) in [4.78, 5) is 1.95. The fraction of sp³-hybridized carbons (Fsp3) is 0.308. The number of benzene rings is 2. The molecule has 2 N–H and O–H groups in total. The number of phenolic OH excluding ortho intramolecular Hbond substituents is 2. The largest absolute Gasteiger partial charge is 0.508 e. The van der Waals surface area contributed by atoms with E-state index in [1.54, 1.807) is 0 Å². The smallest absolute Gasteiger partial charge is 0.128 e. The Balaban J connectivity index is 2.16. The van der Waals surface area contributed by atoms with Gasteiger partial charge in [0.25, 0.3) is 0 Å². The number of nitrogens with zero attached hydrogens (tertiary/aromatic N) is 1. The van der Waals surface area contributed by atoms with E-state index in [0.29, 0.717) is 17.0 Å². The summed E-state index contributed by atoms with van der Waals surface area (Å²) in [6.45, 7) is 12.4. The second kappa shape index (κ2) is 9.05. The van der Waals surface area contributed by atoms with Crippen molar-refractivity contribution < 1.29 is 10.2 Å². The molecule has 0 atom stereocenters. The SMILES string of the molecule is C=C(S)N(/C(=C\C)c1cc(CC)c(O)cc1O)c1ccc2c(c1)C(C)=C(C)CCC2. The van der Waals surface area contributed by atoms with Gasteiger partial charge in [-0.15, -0.1) is 12.6 Å². The van der Waals surface area contributed by atoms with Gasteiger partial charge in [-0.1, -0.05) is 31.2 Å². The molecule has 2 aromatic rings. The van der Waals surface area contributed by atoms with Crippen LogP contribution >= 0.6 is 12.6 Å². The number of hydrogen-bond acceptors (Lipinski definition) is 4. The van der Waals surface area contributed by atoms with E-state index >= 15 is 0 Å².